The van der Waals surface area contributed by atoms with E-state index in [2.05, 4.69) is 36.5 Å². The molecule has 0 saturated heterocycles. The second-order valence-corrected chi connectivity index (χ2v) is 12.0. The summed E-state index contributed by atoms with van der Waals surface area (Å²) in [5.74, 6) is 2.63. The van der Waals surface area contributed by atoms with Crippen LogP contribution < -0.4 is 0 Å². The summed E-state index contributed by atoms with van der Waals surface area (Å²) in [6, 6.07) is 0. The Hall–Kier alpha value is 0.260. The average molecular weight is 459 g/mol. The Labute approximate surface area is 177 Å². The van der Waals surface area contributed by atoms with Crippen molar-refractivity contribution in [2.75, 3.05) is 6.61 Å². The van der Waals surface area contributed by atoms with Crippen LogP contribution in [0.4, 0.5) is 0 Å². The van der Waals surface area contributed by atoms with Crippen molar-refractivity contribution in [3.63, 3.8) is 0 Å². The third-order valence-electron chi connectivity index (χ3n) is 5.34. The topological polar surface area (TPSA) is 113 Å². The molecule has 0 aliphatic carbocycles. The molecule has 0 amide bonds. The van der Waals surface area contributed by atoms with Crippen LogP contribution in [0.1, 0.15) is 98.8 Å². The highest BCUT2D eigenvalue weighted by atomic mass is 31.3. The third kappa shape index (κ3) is 19.9. The SMILES string of the molecule is CC(C)CCCC(C)CCCC(C)CCCC(C)CCOP(=O)(O)OP(=O)(O)O. The first kappa shape index (κ1) is 29.3. The number of hydrogen-bond acceptors (Lipinski definition) is 4. The minimum atomic E-state index is -5.04. The van der Waals surface area contributed by atoms with E-state index in [-0.39, 0.29) is 6.61 Å². The summed E-state index contributed by atoms with van der Waals surface area (Å²) < 4.78 is 30.3. The molecule has 0 aliphatic rings. The average Bonchev–Trinajstić information content (AvgIpc) is 2.51. The normalized spacial score (nSPS) is 17.8. The van der Waals surface area contributed by atoms with Crippen LogP contribution in [0, 0.1) is 23.7 Å². The van der Waals surface area contributed by atoms with Crippen LogP contribution in [-0.4, -0.2) is 21.3 Å². The van der Waals surface area contributed by atoms with Gasteiger partial charge >= 0.3 is 15.6 Å². The molecule has 4 atom stereocenters. The molecule has 0 aromatic rings. The predicted octanol–water partition coefficient (Wildman–Crippen LogP) is 6.68. The molecular formula is C20H44O7P2. The maximum absolute atomic E-state index is 11.4. The van der Waals surface area contributed by atoms with Crippen LogP contribution >= 0.6 is 15.6 Å². The van der Waals surface area contributed by atoms with Gasteiger partial charge in [0, 0.05) is 0 Å². The molecule has 0 spiro atoms. The minimum absolute atomic E-state index is 0.0702. The zero-order valence-corrected chi connectivity index (χ0v) is 20.7. The van der Waals surface area contributed by atoms with Gasteiger partial charge in [0.2, 0.25) is 0 Å². The Morgan fingerprint density at radius 2 is 1.03 bits per heavy atom. The van der Waals surface area contributed by atoms with Crippen LogP contribution in [0.5, 0.6) is 0 Å². The molecule has 0 aromatic heterocycles. The first-order chi connectivity index (χ1) is 13.3. The van der Waals surface area contributed by atoms with E-state index in [0.717, 1.165) is 24.7 Å². The van der Waals surface area contributed by atoms with E-state index in [0.29, 0.717) is 18.3 Å². The lowest BCUT2D eigenvalue weighted by Crippen LogP contribution is -2.04. The molecule has 7 nitrogen and oxygen atoms in total. The van der Waals surface area contributed by atoms with Crippen LogP contribution in [0.2, 0.25) is 0 Å². The summed E-state index contributed by atoms with van der Waals surface area (Å²) in [6.45, 7) is 11.2. The van der Waals surface area contributed by atoms with Crippen molar-refractivity contribution in [1.82, 2.24) is 0 Å². The van der Waals surface area contributed by atoms with E-state index in [4.69, 9.17) is 9.79 Å². The summed E-state index contributed by atoms with van der Waals surface area (Å²) in [5, 5.41) is 0. The Balaban J connectivity index is 3.76. The van der Waals surface area contributed by atoms with Crippen molar-refractivity contribution in [3.8, 4) is 0 Å². The molecule has 4 unspecified atom stereocenters. The molecule has 0 bridgehead atoms. The summed E-state index contributed by atoms with van der Waals surface area (Å²) >= 11 is 0. The summed E-state index contributed by atoms with van der Waals surface area (Å²) in [5.41, 5.74) is 0. The summed E-state index contributed by atoms with van der Waals surface area (Å²) in [7, 11) is -9.75. The van der Waals surface area contributed by atoms with Crippen LogP contribution in [0.25, 0.3) is 0 Å². The smallest absolute Gasteiger partial charge is 0.302 e. The van der Waals surface area contributed by atoms with E-state index >= 15 is 0 Å². The second kappa shape index (κ2) is 15.1. The highest BCUT2D eigenvalue weighted by Crippen LogP contribution is 2.57. The van der Waals surface area contributed by atoms with Crippen molar-refractivity contribution in [3.05, 3.63) is 0 Å². The lowest BCUT2D eigenvalue weighted by molar-refractivity contribution is 0.169. The zero-order chi connectivity index (χ0) is 22.5. The molecule has 0 aliphatic heterocycles. The van der Waals surface area contributed by atoms with Gasteiger partial charge < -0.3 is 14.7 Å². The fourth-order valence-electron chi connectivity index (χ4n) is 3.46. The third-order valence-corrected chi connectivity index (χ3v) is 7.53. The first-order valence-corrected chi connectivity index (χ1v) is 14.1. The van der Waals surface area contributed by atoms with E-state index in [9.17, 15) is 14.0 Å². The Bertz CT molecular complexity index is 507. The Morgan fingerprint density at radius 3 is 1.41 bits per heavy atom. The monoisotopic (exact) mass is 458 g/mol. The fraction of sp³-hybridized carbons (Fsp3) is 1.00. The number of phosphoric acid groups is 2. The quantitative estimate of drug-likeness (QED) is 0.196. The van der Waals surface area contributed by atoms with Gasteiger partial charge in [0.15, 0.2) is 0 Å². The molecule has 3 N–H and O–H groups in total. The van der Waals surface area contributed by atoms with E-state index in [1.807, 2.05) is 6.92 Å². The van der Waals surface area contributed by atoms with Gasteiger partial charge in [-0.3, -0.25) is 4.52 Å². The minimum Gasteiger partial charge on any atom is -0.302 e. The molecule has 0 saturated carbocycles. The maximum Gasteiger partial charge on any atom is 0.481 e. The van der Waals surface area contributed by atoms with Crippen LogP contribution in [-0.2, 0) is 18.0 Å². The Kier molecular flexibility index (Phi) is 15.3. The van der Waals surface area contributed by atoms with E-state index in [1.54, 1.807) is 0 Å². The number of hydrogen-bond donors (Lipinski definition) is 3. The van der Waals surface area contributed by atoms with Gasteiger partial charge in [-0.1, -0.05) is 92.4 Å². The number of phosphoric ester groups is 1. The molecule has 0 fully saturated rings. The van der Waals surface area contributed by atoms with Gasteiger partial charge in [0.05, 0.1) is 6.61 Å². The lowest BCUT2D eigenvalue weighted by atomic mass is 9.91. The van der Waals surface area contributed by atoms with Crippen molar-refractivity contribution < 1.29 is 32.6 Å². The van der Waals surface area contributed by atoms with Gasteiger partial charge in [-0.15, -0.1) is 0 Å². The highest BCUT2D eigenvalue weighted by molar-refractivity contribution is 7.60. The van der Waals surface area contributed by atoms with Crippen LogP contribution in [0.15, 0.2) is 0 Å². The molecule has 0 heterocycles. The van der Waals surface area contributed by atoms with Crippen molar-refractivity contribution in [2.45, 2.75) is 98.8 Å². The summed E-state index contributed by atoms with van der Waals surface area (Å²) in [6.07, 6.45) is 11.7. The van der Waals surface area contributed by atoms with Gasteiger partial charge in [-0.25, -0.2) is 9.13 Å². The van der Waals surface area contributed by atoms with Gasteiger partial charge in [0.25, 0.3) is 0 Å². The van der Waals surface area contributed by atoms with E-state index < -0.39 is 15.6 Å². The molecule has 176 valence electrons. The molecule has 0 aromatic carbocycles. The van der Waals surface area contributed by atoms with Crippen molar-refractivity contribution in [1.29, 1.82) is 0 Å². The predicted molar refractivity (Wildman–Crippen MR) is 117 cm³/mol. The van der Waals surface area contributed by atoms with Crippen molar-refractivity contribution in [2.24, 2.45) is 23.7 Å². The first-order valence-electron chi connectivity index (χ1n) is 11.0. The zero-order valence-electron chi connectivity index (χ0n) is 19.0. The lowest BCUT2D eigenvalue weighted by Gasteiger charge is -2.17. The van der Waals surface area contributed by atoms with Crippen LogP contribution in [0.3, 0.4) is 0 Å². The second-order valence-electron chi connectivity index (χ2n) is 9.16. The standard InChI is InChI=1S/C20H44O7P2/c1-17(2)9-6-10-18(3)11-7-12-19(4)13-8-14-20(5)15-16-26-29(24,25)27-28(21,22)23/h17-20H,6-16H2,1-5H3,(H,24,25)(H2,21,22,23). The Morgan fingerprint density at radius 1 is 0.655 bits per heavy atom. The molecule has 9 heteroatoms. The largest absolute Gasteiger partial charge is 0.481 e. The highest BCUT2D eigenvalue weighted by Gasteiger charge is 2.32. The van der Waals surface area contributed by atoms with Crippen molar-refractivity contribution >= 4 is 15.6 Å². The van der Waals surface area contributed by atoms with E-state index in [1.165, 1.54) is 44.9 Å². The molecule has 0 rings (SSSR count). The molecular weight excluding hydrogens is 414 g/mol. The fourth-order valence-corrected chi connectivity index (χ4v) is 5.06. The van der Waals surface area contributed by atoms with Gasteiger partial charge in [0.1, 0.15) is 0 Å². The molecule has 0 radical (unpaired) electrons. The van der Waals surface area contributed by atoms with Gasteiger partial charge in [-0.2, -0.15) is 4.31 Å². The molecule has 29 heavy (non-hydrogen) atoms. The van der Waals surface area contributed by atoms with Gasteiger partial charge in [-0.05, 0) is 30.1 Å². The summed E-state index contributed by atoms with van der Waals surface area (Å²) in [4.78, 5) is 26.3. The number of rotatable bonds is 18. The maximum atomic E-state index is 11.4.